The minimum atomic E-state index is -1.04. The molecule has 1 heterocycles. The van der Waals surface area contributed by atoms with Crippen molar-refractivity contribution in [2.45, 2.75) is 39.8 Å². The van der Waals surface area contributed by atoms with E-state index in [-0.39, 0.29) is 17.0 Å². The van der Waals surface area contributed by atoms with Crippen LogP contribution in [0, 0.1) is 17.6 Å². The number of hydrogen-bond donors (Lipinski definition) is 2. The molecule has 8 nitrogen and oxygen atoms in total. The molecule has 0 saturated heterocycles. The molecule has 0 aliphatic rings. The van der Waals surface area contributed by atoms with E-state index in [1.807, 2.05) is 6.92 Å². The third-order valence-electron chi connectivity index (χ3n) is 4.94. The number of hydrogen-bond acceptors (Lipinski definition) is 5. The number of imidazole rings is 1. The number of fused-ring (bicyclic) bond motifs is 1. The Bertz CT molecular complexity index is 1130. The number of hydrazine groups is 1. The Morgan fingerprint density at radius 1 is 1.00 bits per heavy atom. The molecule has 33 heavy (non-hydrogen) atoms. The van der Waals surface area contributed by atoms with Crippen LogP contribution in [0.5, 0.6) is 11.5 Å². The van der Waals surface area contributed by atoms with Crippen LogP contribution in [-0.2, 0) is 9.59 Å². The van der Waals surface area contributed by atoms with Crippen molar-refractivity contribution in [3.63, 3.8) is 0 Å². The molecule has 1 aromatic heterocycles. The Morgan fingerprint density at radius 3 is 2.24 bits per heavy atom. The molecular weight excluding hydrogens is 434 g/mol. The highest BCUT2D eigenvalue weighted by Gasteiger charge is 2.27. The molecule has 2 atom stereocenters. The Kier molecular flexibility index (Phi) is 7.47. The van der Waals surface area contributed by atoms with Gasteiger partial charge in [-0.05, 0) is 44.0 Å². The van der Waals surface area contributed by atoms with Crippen molar-refractivity contribution in [3.8, 4) is 11.5 Å². The summed E-state index contributed by atoms with van der Waals surface area (Å²) in [5.74, 6) is -2.27. The van der Waals surface area contributed by atoms with Crippen molar-refractivity contribution < 1.29 is 27.8 Å². The zero-order valence-electron chi connectivity index (χ0n) is 18.8. The van der Waals surface area contributed by atoms with E-state index >= 15 is 0 Å². The number of nitrogens with zero attached hydrogens (tertiary/aromatic N) is 2. The number of nitrogens with one attached hydrogen (secondary N) is 2. The fraction of sp³-hybridized carbons (Fsp3) is 0.348. The van der Waals surface area contributed by atoms with Crippen LogP contribution < -0.4 is 20.3 Å². The molecule has 2 N–H and O–H groups in total. The molecule has 0 aliphatic carbocycles. The molecule has 3 aromatic rings. The maximum atomic E-state index is 13.8. The van der Waals surface area contributed by atoms with Crippen molar-refractivity contribution >= 4 is 22.8 Å². The molecule has 3 rings (SSSR count). The SMILES string of the molecule is CCOc1ccc(OC(C)C(=O)NNC(=O)C(C(C)C)n2cnc3cc(F)c(F)cc32)cc1. The van der Waals surface area contributed by atoms with E-state index in [4.69, 9.17) is 9.47 Å². The summed E-state index contributed by atoms with van der Waals surface area (Å²) in [5.41, 5.74) is 5.21. The van der Waals surface area contributed by atoms with Crippen LogP contribution in [0.3, 0.4) is 0 Å². The number of ether oxygens (including phenoxy) is 2. The third-order valence-corrected chi connectivity index (χ3v) is 4.94. The summed E-state index contributed by atoms with van der Waals surface area (Å²) < 4.78 is 39.7. The van der Waals surface area contributed by atoms with Gasteiger partial charge in [0.2, 0.25) is 0 Å². The second-order valence-corrected chi connectivity index (χ2v) is 7.74. The van der Waals surface area contributed by atoms with E-state index in [9.17, 15) is 18.4 Å². The highest BCUT2D eigenvalue weighted by Crippen LogP contribution is 2.25. The Labute approximate surface area is 189 Å². The largest absolute Gasteiger partial charge is 0.494 e. The number of halogens is 2. The van der Waals surface area contributed by atoms with Gasteiger partial charge in [0, 0.05) is 12.1 Å². The molecule has 2 unspecified atom stereocenters. The van der Waals surface area contributed by atoms with Crippen molar-refractivity contribution in [3.05, 3.63) is 54.4 Å². The summed E-state index contributed by atoms with van der Waals surface area (Å²) in [5, 5.41) is 0. The van der Waals surface area contributed by atoms with Crippen LogP contribution in [0.25, 0.3) is 11.0 Å². The van der Waals surface area contributed by atoms with E-state index in [1.54, 1.807) is 45.0 Å². The molecule has 0 fully saturated rings. The zero-order valence-corrected chi connectivity index (χ0v) is 18.8. The lowest BCUT2D eigenvalue weighted by atomic mass is 10.0. The highest BCUT2D eigenvalue weighted by atomic mass is 19.2. The van der Waals surface area contributed by atoms with Gasteiger partial charge in [0.05, 0.1) is 24.0 Å². The minimum Gasteiger partial charge on any atom is -0.494 e. The number of carbonyl (C=O) groups excluding carboxylic acids is 2. The zero-order chi connectivity index (χ0) is 24.1. The average molecular weight is 460 g/mol. The number of amides is 2. The quantitative estimate of drug-likeness (QED) is 0.502. The maximum absolute atomic E-state index is 13.8. The smallest absolute Gasteiger partial charge is 0.279 e. The molecule has 0 saturated carbocycles. The van der Waals surface area contributed by atoms with Crippen LogP contribution in [0.4, 0.5) is 8.78 Å². The van der Waals surface area contributed by atoms with E-state index in [2.05, 4.69) is 15.8 Å². The Morgan fingerprint density at radius 2 is 1.61 bits per heavy atom. The predicted octanol–water partition coefficient (Wildman–Crippen LogP) is 3.53. The van der Waals surface area contributed by atoms with Gasteiger partial charge in [0.15, 0.2) is 17.7 Å². The van der Waals surface area contributed by atoms with E-state index in [0.717, 1.165) is 12.1 Å². The predicted molar refractivity (Wildman–Crippen MR) is 118 cm³/mol. The molecule has 2 amide bonds. The fourth-order valence-corrected chi connectivity index (χ4v) is 3.33. The van der Waals surface area contributed by atoms with Crippen LogP contribution in [-0.4, -0.2) is 34.1 Å². The van der Waals surface area contributed by atoms with Crippen molar-refractivity contribution in [1.82, 2.24) is 20.4 Å². The van der Waals surface area contributed by atoms with Gasteiger partial charge >= 0.3 is 0 Å². The summed E-state index contributed by atoms with van der Waals surface area (Å²) >= 11 is 0. The molecule has 10 heteroatoms. The molecule has 176 valence electrons. The first-order valence-corrected chi connectivity index (χ1v) is 10.5. The normalized spacial score (nSPS) is 12.9. The van der Waals surface area contributed by atoms with E-state index in [1.165, 1.54) is 10.9 Å². The van der Waals surface area contributed by atoms with Gasteiger partial charge in [-0.25, -0.2) is 13.8 Å². The summed E-state index contributed by atoms with van der Waals surface area (Å²) in [4.78, 5) is 29.3. The standard InChI is InChI=1S/C23H26F2N4O4/c1-5-32-15-6-8-16(9-7-15)33-14(4)22(30)27-28-23(31)21(13(2)3)29-12-26-19-10-17(24)18(25)11-20(19)29/h6-14,21H,5H2,1-4H3,(H,27,30)(H,28,31). The second-order valence-electron chi connectivity index (χ2n) is 7.74. The molecule has 0 spiro atoms. The number of benzene rings is 2. The lowest BCUT2D eigenvalue weighted by Gasteiger charge is -2.23. The van der Waals surface area contributed by atoms with Gasteiger partial charge in [0.25, 0.3) is 11.8 Å². The first kappa shape index (κ1) is 24.0. The van der Waals surface area contributed by atoms with Gasteiger partial charge in [-0.3, -0.25) is 20.4 Å². The Hall–Kier alpha value is -3.69. The Balaban J connectivity index is 1.65. The molecule has 0 aliphatic heterocycles. The van der Waals surface area contributed by atoms with Crippen molar-refractivity contribution in [2.24, 2.45) is 5.92 Å². The molecular formula is C23H26F2N4O4. The topological polar surface area (TPSA) is 94.5 Å². The molecule has 0 radical (unpaired) electrons. The summed E-state index contributed by atoms with van der Waals surface area (Å²) in [6.07, 6.45) is 0.444. The second kappa shape index (κ2) is 10.3. The summed E-state index contributed by atoms with van der Waals surface area (Å²) in [6, 6.07) is 7.93. The van der Waals surface area contributed by atoms with Crippen molar-refractivity contribution in [2.75, 3.05) is 6.61 Å². The van der Waals surface area contributed by atoms with Crippen LogP contribution in [0.15, 0.2) is 42.7 Å². The monoisotopic (exact) mass is 460 g/mol. The van der Waals surface area contributed by atoms with Crippen LogP contribution in [0.2, 0.25) is 0 Å². The number of carbonyl (C=O) groups is 2. The molecule has 2 aromatic carbocycles. The fourth-order valence-electron chi connectivity index (χ4n) is 3.33. The highest BCUT2D eigenvalue weighted by molar-refractivity contribution is 5.87. The lowest BCUT2D eigenvalue weighted by molar-refractivity contribution is -0.134. The minimum absolute atomic E-state index is 0.216. The number of aromatic nitrogens is 2. The van der Waals surface area contributed by atoms with Crippen LogP contribution in [0.1, 0.15) is 33.7 Å². The van der Waals surface area contributed by atoms with E-state index < -0.39 is 35.6 Å². The first-order valence-electron chi connectivity index (χ1n) is 10.5. The average Bonchev–Trinajstić information content (AvgIpc) is 3.15. The lowest BCUT2D eigenvalue weighted by Crippen LogP contribution is -2.50. The first-order chi connectivity index (χ1) is 15.7. The van der Waals surface area contributed by atoms with Crippen LogP contribution >= 0.6 is 0 Å². The summed E-state index contributed by atoms with van der Waals surface area (Å²) in [6.45, 7) is 7.53. The number of rotatable bonds is 8. The maximum Gasteiger partial charge on any atom is 0.279 e. The van der Waals surface area contributed by atoms with Gasteiger partial charge in [-0.1, -0.05) is 13.8 Å². The third kappa shape index (κ3) is 5.57. The van der Waals surface area contributed by atoms with Gasteiger partial charge < -0.3 is 14.0 Å². The molecule has 0 bridgehead atoms. The van der Waals surface area contributed by atoms with Gasteiger partial charge in [0.1, 0.15) is 17.5 Å². The van der Waals surface area contributed by atoms with Gasteiger partial charge in [-0.15, -0.1) is 0 Å². The van der Waals surface area contributed by atoms with E-state index in [0.29, 0.717) is 18.1 Å². The van der Waals surface area contributed by atoms with Crippen molar-refractivity contribution in [1.29, 1.82) is 0 Å². The summed E-state index contributed by atoms with van der Waals surface area (Å²) in [7, 11) is 0. The van der Waals surface area contributed by atoms with Gasteiger partial charge in [-0.2, -0.15) is 0 Å².